The van der Waals surface area contributed by atoms with Gasteiger partial charge >= 0.3 is 0 Å². The Morgan fingerprint density at radius 1 is 0.683 bits per heavy atom. The second kappa shape index (κ2) is 33.9. The van der Waals surface area contributed by atoms with E-state index >= 15 is 0 Å². The van der Waals surface area contributed by atoms with Gasteiger partial charge in [-0.15, -0.1) is 0 Å². The zero-order valence-electron chi connectivity index (χ0n) is 47.4. The van der Waals surface area contributed by atoms with E-state index in [0.29, 0.717) is 56.0 Å². The number of carbonyl (C=O) groups excluding carboxylic acids is 8. The summed E-state index contributed by atoms with van der Waals surface area (Å²) in [5, 5.41) is 41.8. The van der Waals surface area contributed by atoms with Gasteiger partial charge in [0.1, 0.15) is 60.4 Å². The molecule has 11 N–H and O–H groups in total. The molecule has 21 nitrogen and oxygen atoms in total. The SMILES string of the molecule is CCCCCC1NC(=O)C(Cc2ccc(OCCOCCOC)cc2)NC(=O)C(Cc2ccc(O)cc2)NC(=O)C(NC(=O)C(C)Cc2ccc3ccccc3c2)CSSCC(C(=O)NC(C(N)=O)C(C)O)NC(=O)C(C(C)C)NC1=O. The number of unbranched alkanes of at least 4 members (excludes halogenated alkanes) is 2. The zero-order chi connectivity index (χ0) is 59.7. The molecule has 4 aromatic carbocycles. The van der Waals surface area contributed by atoms with Crippen LogP contribution in [0, 0.1) is 11.8 Å². The number of hydrogen-bond acceptors (Lipinski definition) is 15. The third-order valence-corrected chi connectivity index (χ3v) is 16.0. The molecule has 0 radical (unpaired) electrons. The fourth-order valence-electron chi connectivity index (χ4n) is 8.85. The van der Waals surface area contributed by atoms with Crippen molar-refractivity contribution in [1.82, 2.24) is 37.2 Å². The third-order valence-electron chi connectivity index (χ3n) is 13.6. The van der Waals surface area contributed by atoms with Gasteiger partial charge in [0.2, 0.25) is 47.3 Å². The van der Waals surface area contributed by atoms with Crippen LogP contribution in [0.5, 0.6) is 11.5 Å². The molecule has 1 aliphatic heterocycles. The summed E-state index contributed by atoms with van der Waals surface area (Å²) in [7, 11) is 3.68. The summed E-state index contributed by atoms with van der Waals surface area (Å²) in [5.74, 6) is -7.32. The highest BCUT2D eigenvalue weighted by molar-refractivity contribution is 8.76. The van der Waals surface area contributed by atoms with Crippen LogP contribution in [0.4, 0.5) is 0 Å². The fraction of sp³-hybridized carbons (Fsp3) is 0.492. The number of primary amides is 1. The van der Waals surface area contributed by atoms with Crippen LogP contribution in [0.15, 0.2) is 91.0 Å². The molecule has 0 bridgehead atoms. The quantitative estimate of drug-likeness (QED) is 0.0356. The van der Waals surface area contributed by atoms with Crippen LogP contribution < -0.4 is 47.7 Å². The highest BCUT2D eigenvalue weighted by Crippen LogP contribution is 2.25. The van der Waals surface area contributed by atoms with Crippen LogP contribution in [0.2, 0.25) is 0 Å². The second-order valence-corrected chi connectivity index (χ2v) is 23.2. The summed E-state index contributed by atoms with van der Waals surface area (Å²) in [6.45, 7) is 9.72. The summed E-state index contributed by atoms with van der Waals surface area (Å²) >= 11 is 0. The van der Waals surface area contributed by atoms with Gasteiger partial charge in [-0.1, -0.05) is 135 Å². The molecule has 8 amide bonds. The third kappa shape index (κ3) is 21.4. The first-order valence-corrected chi connectivity index (χ1v) is 30.1. The van der Waals surface area contributed by atoms with Gasteiger partial charge in [0, 0.05) is 37.4 Å². The van der Waals surface area contributed by atoms with Gasteiger partial charge < -0.3 is 67.4 Å². The number of methoxy groups -OCH3 is 1. The first-order chi connectivity index (χ1) is 39.3. The average Bonchev–Trinajstić information content (AvgIpc) is 3.64. The predicted molar refractivity (Wildman–Crippen MR) is 315 cm³/mol. The van der Waals surface area contributed by atoms with E-state index in [1.165, 1.54) is 19.1 Å². The number of nitrogens with one attached hydrogen (secondary N) is 7. The summed E-state index contributed by atoms with van der Waals surface area (Å²) in [6, 6.07) is 17.0. The first-order valence-electron chi connectivity index (χ1n) is 27.6. The highest BCUT2D eigenvalue weighted by atomic mass is 33.1. The van der Waals surface area contributed by atoms with E-state index < -0.39 is 107 Å². The lowest BCUT2D eigenvalue weighted by Crippen LogP contribution is -2.62. The van der Waals surface area contributed by atoms with Crippen LogP contribution in [0.25, 0.3) is 10.8 Å². The molecular weight excluding hydrogens is 1090 g/mol. The summed E-state index contributed by atoms with van der Waals surface area (Å²) in [5.41, 5.74) is 7.52. The normalized spacial score (nSPS) is 20.9. The van der Waals surface area contributed by atoms with Gasteiger partial charge in [-0.25, -0.2) is 0 Å². The van der Waals surface area contributed by atoms with E-state index in [2.05, 4.69) is 37.2 Å². The van der Waals surface area contributed by atoms with Crippen molar-refractivity contribution in [1.29, 1.82) is 0 Å². The molecule has 1 aliphatic rings. The maximum Gasteiger partial charge on any atom is 0.244 e. The topological polar surface area (TPSA) is 315 Å². The minimum absolute atomic E-state index is 0.0423. The number of aromatic hydroxyl groups is 1. The second-order valence-electron chi connectivity index (χ2n) is 20.7. The van der Waals surface area contributed by atoms with Crippen molar-refractivity contribution in [2.75, 3.05) is 45.0 Å². The minimum atomic E-state index is -1.54. The standard InChI is InChI=1S/C59H80N8O13S2/c1-7-8-9-14-45-54(72)66-50(35(2)3)59(77)65-49(58(76)67-51(37(5)68)52(60)70)34-82-81-33-48(64-53(71)36(4)29-40-15-20-41-12-10-11-13-42(41)30-40)57(75)63-47(31-38-16-21-43(69)22-17-38)56(74)62-46(55(73)61-45)32-39-18-23-44(24-19-39)80-28-27-79-26-25-78-6/h10-13,15-24,30,35-37,45-51,68-69H,7-9,14,25-29,31-34H2,1-6H3,(H2,60,70)(H,61,73)(H,62,74)(H,63,75)(H,64,71)(H,65,77)(H,66,72)(H,67,76). The van der Waals surface area contributed by atoms with Gasteiger partial charge in [0.15, 0.2) is 0 Å². The molecule has 446 valence electrons. The lowest BCUT2D eigenvalue weighted by Gasteiger charge is -2.29. The summed E-state index contributed by atoms with van der Waals surface area (Å²) < 4.78 is 16.4. The molecule has 9 atom stereocenters. The Balaban J connectivity index is 1.55. The molecule has 9 unspecified atom stereocenters. The smallest absolute Gasteiger partial charge is 0.244 e. The molecule has 4 aromatic rings. The number of nitrogens with two attached hydrogens (primary N) is 1. The molecule has 0 spiro atoms. The maximum atomic E-state index is 14.9. The highest BCUT2D eigenvalue weighted by Gasteiger charge is 2.36. The van der Waals surface area contributed by atoms with E-state index in [0.717, 1.165) is 44.3 Å². The van der Waals surface area contributed by atoms with Crippen LogP contribution >= 0.6 is 21.6 Å². The Hall–Kier alpha value is -6.92. The maximum absolute atomic E-state index is 14.9. The lowest BCUT2D eigenvalue weighted by atomic mass is 9.97. The van der Waals surface area contributed by atoms with E-state index in [-0.39, 0.29) is 43.1 Å². The number of ether oxygens (including phenoxy) is 3. The monoisotopic (exact) mass is 1170 g/mol. The Bertz CT molecular complexity index is 2750. The van der Waals surface area contributed by atoms with E-state index in [9.17, 15) is 48.6 Å². The predicted octanol–water partition coefficient (Wildman–Crippen LogP) is 3.14. The lowest BCUT2D eigenvalue weighted by molar-refractivity contribution is -0.136. The Kier molecular flexibility index (Phi) is 27.2. The molecule has 1 heterocycles. The molecule has 1 fully saturated rings. The van der Waals surface area contributed by atoms with Gasteiger partial charge in [-0.05, 0) is 77.4 Å². The van der Waals surface area contributed by atoms with Gasteiger partial charge in [-0.2, -0.15) is 0 Å². The molecule has 0 saturated carbocycles. The summed E-state index contributed by atoms with van der Waals surface area (Å²) in [4.78, 5) is 114. The van der Waals surface area contributed by atoms with Crippen LogP contribution in [-0.4, -0.2) is 151 Å². The Morgan fingerprint density at radius 3 is 1.89 bits per heavy atom. The van der Waals surface area contributed by atoms with Crippen LogP contribution in [-0.2, 0) is 67.1 Å². The molecule has 0 aliphatic carbocycles. The number of benzene rings is 4. The molecule has 23 heteroatoms. The van der Waals surface area contributed by atoms with Crippen molar-refractivity contribution in [2.45, 2.75) is 128 Å². The van der Waals surface area contributed by atoms with Crippen molar-refractivity contribution in [2.24, 2.45) is 17.6 Å². The van der Waals surface area contributed by atoms with E-state index in [1.54, 1.807) is 64.3 Å². The van der Waals surface area contributed by atoms with Crippen LogP contribution in [0.3, 0.4) is 0 Å². The average molecular weight is 1170 g/mol. The number of rotatable bonds is 24. The number of carbonyl (C=O) groups is 8. The van der Waals surface area contributed by atoms with Gasteiger partial charge in [0.25, 0.3) is 0 Å². The van der Waals surface area contributed by atoms with Crippen molar-refractivity contribution in [3.8, 4) is 11.5 Å². The first kappa shape index (κ1) is 65.9. The summed E-state index contributed by atoms with van der Waals surface area (Å²) in [6.07, 6.45) is 0.753. The van der Waals surface area contributed by atoms with Crippen molar-refractivity contribution in [3.05, 3.63) is 108 Å². The van der Waals surface area contributed by atoms with Crippen molar-refractivity contribution in [3.63, 3.8) is 0 Å². The largest absolute Gasteiger partial charge is 0.508 e. The van der Waals surface area contributed by atoms with E-state index in [1.807, 2.05) is 49.4 Å². The molecule has 82 heavy (non-hydrogen) atoms. The van der Waals surface area contributed by atoms with Crippen molar-refractivity contribution < 1.29 is 62.8 Å². The van der Waals surface area contributed by atoms with Gasteiger partial charge in [-0.3, -0.25) is 38.4 Å². The number of aliphatic hydroxyl groups excluding tert-OH is 1. The molecule has 5 rings (SSSR count). The number of fused-ring (bicyclic) bond motifs is 1. The zero-order valence-corrected chi connectivity index (χ0v) is 49.0. The fourth-order valence-corrected chi connectivity index (χ4v) is 11.2. The Labute approximate surface area is 487 Å². The number of aliphatic hydroxyl groups is 1. The molecule has 1 saturated heterocycles. The minimum Gasteiger partial charge on any atom is -0.508 e. The van der Waals surface area contributed by atoms with Crippen LogP contribution in [0.1, 0.15) is 77.0 Å². The Morgan fingerprint density at radius 2 is 1.27 bits per heavy atom. The molecule has 0 aromatic heterocycles. The number of hydrogen-bond donors (Lipinski definition) is 10. The molecular formula is C59H80N8O13S2. The number of phenolic OH excluding ortho intramolecular Hbond substituents is 1. The van der Waals surface area contributed by atoms with Crippen molar-refractivity contribution >= 4 is 79.6 Å². The van der Waals surface area contributed by atoms with E-state index in [4.69, 9.17) is 19.9 Å². The number of amides is 8. The number of phenols is 1. The van der Waals surface area contributed by atoms with Gasteiger partial charge in [0.05, 0.1) is 25.9 Å².